The zero-order valence-electron chi connectivity index (χ0n) is 11.3. The molecule has 1 saturated heterocycles. The molecular formula is C12H26O6. The molecule has 1 aliphatic heterocycles. The van der Waals surface area contributed by atoms with E-state index in [2.05, 4.69) is 0 Å². The lowest BCUT2D eigenvalue weighted by atomic mass is 9.99. The molecule has 1 aliphatic rings. The van der Waals surface area contributed by atoms with Crippen molar-refractivity contribution in [2.75, 3.05) is 13.2 Å². The molecule has 5 atom stereocenters. The molecule has 0 aliphatic carbocycles. The van der Waals surface area contributed by atoms with Crippen LogP contribution in [0.4, 0.5) is 0 Å². The third-order valence-corrected chi connectivity index (χ3v) is 2.61. The van der Waals surface area contributed by atoms with Crippen molar-refractivity contribution in [3.05, 3.63) is 0 Å². The molecule has 110 valence electrons. The van der Waals surface area contributed by atoms with E-state index in [9.17, 15) is 20.4 Å². The molecule has 5 unspecified atom stereocenters. The lowest BCUT2D eigenvalue weighted by Crippen LogP contribution is -2.58. The van der Waals surface area contributed by atoms with Gasteiger partial charge in [0.1, 0.15) is 24.4 Å². The molecule has 4 N–H and O–H groups in total. The van der Waals surface area contributed by atoms with Crippen LogP contribution < -0.4 is 0 Å². The molecule has 0 aromatic rings. The molecule has 0 spiro atoms. The summed E-state index contributed by atoms with van der Waals surface area (Å²) in [5, 5.41) is 37.4. The van der Waals surface area contributed by atoms with E-state index in [-0.39, 0.29) is 6.61 Å². The topological polar surface area (TPSA) is 99.4 Å². The first-order chi connectivity index (χ1) is 8.57. The Kier molecular flexibility index (Phi) is 9.53. The van der Waals surface area contributed by atoms with Crippen LogP contribution in [0.1, 0.15) is 33.6 Å². The second-order valence-corrected chi connectivity index (χ2v) is 3.97. The summed E-state index contributed by atoms with van der Waals surface area (Å²) in [6, 6.07) is 0. The summed E-state index contributed by atoms with van der Waals surface area (Å²) in [6.07, 6.45) is -4.55. The van der Waals surface area contributed by atoms with Crippen LogP contribution in [0.25, 0.3) is 0 Å². The van der Waals surface area contributed by atoms with Crippen molar-refractivity contribution >= 4 is 0 Å². The highest BCUT2D eigenvalue weighted by Gasteiger charge is 2.42. The van der Waals surface area contributed by atoms with Crippen molar-refractivity contribution in [2.45, 2.75) is 64.3 Å². The molecule has 1 rings (SSSR count). The van der Waals surface area contributed by atoms with Gasteiger partial charge in [-0.1, -0.05) is 27.2 Å². The second kappa shape index (κ2) is 9.66. The van der Waals surface area contributed by atoms with Gasteiger partial charge in [0.15, 0.2) is 6.29 Å². The molecule has 0 aromatic heterocycles. The Hall–Kier alpha value is -0.240. The average Bonchev–Trinajstić information content (AvgIpc) is 2.40. The third-order valence-electron chi connectivity index (χ3n) is 2.61. The van der Waals surface area contributed by atoms with Gasteiger partial charge >= 0.3 is 0 Å². The summed E-state index contributed by atoms with van der Waals surface area (Å²) in [4.78, 5) is 0. The Labute approximate surface area is 108 Å². The van der Waals surface area contributed by atoms with Crippen LogP contribution in [-0.4, -0.2) is 64.3 Å². The van der Waals surface area contributed by atoms with Crippen LogP contribution in [0.15, 0.2) is 0 Å². The highest BCUT2D eigenvalue weighted by Crippen LogP contribution is 2.19. The van der Waals surface area contributed by atoms with Crippen LogP contribution >= 0.6 is 0 Å². The second-order valence-electron chi connectivity index (χ2n) is 3.97. The maximum atomic E-state index is 9.56. The molecule has 0 radical (unpaired) electrons. The predicted octanol–water partition coefficient (Wildman–Crippen LogP) is -0.371. The van der Waals surface area contributed by atoms with E-state index in [0.717, 1.165) is 12.8 Å². The largest absolute Gasteiger partial charge is 0.387 e. The quantitative estimate of drug-likeness (QED) is 0.507. The zero-order chi connectivity index (χ0) is 14.1. The van der Waals surface area contributed by atoms with Gasteiger partial charge in [0.2, 0.25) is 0 Å². The molecule has 0 amide bonds. The van der Waals surface area contributed by atoms with Crippen molar-refractivity contribution in [2.24, 2.45) is 0 Å². The molecule has 0 bridgehead atoms. The first-order valence-electron chi connectivity index (χ1n) is 6.53. The van der Waals surface area contributed by atoms with Crippen LogP contribution in [-0.2, 0) is 9.47 Å². The maximum absolute atomic E-state index is 9.56. The molecule has 6 nitrogen and oxygen atoms in total. The highest BCUT2D eigenvalue weighted by atomic mass is 16.6. The third kappa shape index (κ3) is 5.17. The fourth-order valence-electron chi connectivity index (χ4n) is 1.51. The number of aliphatic hydroxyl groups excluding tert-OH is 4. The molecule has 1 fully saturated rings. The Morgan fingerprint density at radius 2 is 1.61 bits per heavy atom. The number of hydrogen-bond donors (Lipinski definition) is 4. The van der Waals surface area contributed by atoms with Gasteiger partial charge in [0, 0.05) is 6.61 Å². The summed E-state index contributed by atoms with van der Waals surface area (Å²) in [5.41, 5.74) is 0. The van der Waals surface area contributed by atoms with Crippen LogP contribution in [0, 0.1) is 0 Å². The summed E-state index contributed by atoms with van der Waals surface area (Å²) in [5.74, 6) is 0. The van der Waals surface area contributed by atoms with E-state index < -0.39 is 30.7 Å². The summed E-state index contributed by atoms with van der Waals surface area (Å²) in [6.45, 7) is 6.65. The van der Waals surface area contributed by atoms with E-state index in [4.69, 9.17) is 9.47 Å². The van der Waals surface area contributed by atoms with Crippen molar-refractivity contribution in [3.8, 4) is 0 Å². The van der Waals surface area contributed by atoms with Gasteiger partial charge in [0.05, 0.1) is 6.61 Å². The number of ether oxygens (including phenoxy) is 2. The fraction of sp³-hybridized carbons (Fsp3) is 1.00. The van der Waals surface area contributed by atoms with E-state index in [0.29, 0.717) is 6.61 Å². The lowest BCUT2D eigenvalue weighted by molar-refractivity contribution is -0.288. The van der Waals surface area contributed by atoms with E-state index in [1.54, 1.807) is 0 Å². The van der Waals surface area contributed by atoms with Crippen LogP contribution in [0.5, 0.6) is 0 Å². The summed E-state index contributed by atoms with van der Waals surface area (Å²) < 4.78 is 10.2. The monoisotopic (exact) mass is 266 g/mol. The zero-order valence-corrected chi connectivity index (χ0v) is 11.3. The molecule has 0 saturated carbocycles. The highest BCUT2D eigenvalue weighted by molar-refractivity contribution is 4.88. The molecule has 0 aromatic carbocycles. The molecular weight excluding hydrogens is 240 g/mol. The number of hydrogen-bond acceptors (Lipinski definition) is 6. The lowest BCUT2D eigenvalue weighted by Gasteiger charge is -2.38. The van der Waals surface area contributed by atoms with Crippen LogP contribution in [0.3, 0.4) is 0 Å². The first-order valence-corrected chi connectivity index (χ1v) is 6.53. The SMILES string of the molecule is CC.CCCCOCC1OC(O)C(O)C(O)C1O. The molecule has 1 heterocycles. The number of aliphatic hydroxyl groups is 4. The molecule has 18 heavy (non-hydrogen) atoms. The Morgan fingerprint density at radius 3 is 2.17 bits per heavy atom. The van der Waals surface area contributed by atoms with Crippen molar-refractivity contribution in [3.63, 3.8) is 0 Å². The molecule has 6 heteroatoms. The predicted molar refractivity (Wildman–Crippen MR) is 66.0 cm³/mol. The van der Waals surface area contributed by atoms with E-state index in [1.807, 2.05) is 20.8 Å². The summed E-state index contributed by atoms with van der Waals surface area (Å²) in [7, 11) is 0. The van der Waals surface area contributed by atoms with Gasteiger partial charge in [0.25, 0.3) is 0 Å². The smallest absolute Gasteiger partial charge is 0.184 e. The van der Waals surface area contributed by atoms with Crippen LogP contribution in [0.2, 0.25) is 0 Å². The minimum atomic E-state index is -1.49. The first kappa shape index (κ1) is 17.8. The number of unbranched alkanes of at least 4 members (excludes halogenated alkanes) is 1. The van der Waals surface area contributed by atoms with Gasteiger partial charge in [-0.05, 0) is 6.42 Å². The van der Waals surface area contributed by atoms with Gasteiger partial charge < -0.3 is 29.9 Å². The van der Waals surface area contributed by atoms with Crippen molar-refractivity contribution in [1.29, 1.82) is 0 Å². The Balaban J connectivity index is 0.00000137. The van der Waals surface area contributed by atoms with Gasteiger partial charge in [-0.3, -0.25) is 0 Å². The fourth-order valence-corrected chi connectivity index (χ4v) is 1.51. The van der Waals surface area contributed by atoms with Gasteiger partial charge in [-0.15, -0.1) is 0 Å². The Morgan fingerprint density at radius 1 is 1.00 bits per heavy atom. The van der Waals surface area contributed by atoms with Crippen molar-refractivity contribution in [1.82, 2.24) is 0 Å². The number of rotatable bonds is 5. The standard InChI is InChI=1S/C10H20O6.C2H6/c1-2-3-4-15-5-6-7(11)8(12)9(13)10(14)16-6;1-2/h6-14H,2-5H2,1H3;1-2H3. The summed E-state index contributed by atoms with van der Waals surface area (Å²) >= 11 is 0. The van der Waals surface area contributed by atoms with Gasteiger partial charge in [-0.2, -0.15) is 0 Å². The average molecular weight is 266 g/mol. The van der Waals surface area contributed by atoms with Crippen molar-refractivity contribution < 1.29 is 29.9 Å². The maximum Gasteiger partial charge on any atom is 0.184 e. The van der Waals surface area contributed by atoms with E-state index >= 15 is 0 Å². The Bertz CT molecular complexity index is 201. The van der Waals surface area contributed by atoms with Gasteiger partial charge in [-0.25, -0.2) is 0 Å². The minimum Gasteiger partial charge on any atom is -0.387 e. The normalized spacial score (nSPS) is 35.8. The van der Waals surface area contributed by atoms with E-state index in [1.165, 1.54) is 0 Å². The minimum absolute atomic E-state index is 0.0853.